The molecule has 1 aliphatic carbocycles. The summed E-state index contributed by atoms with van der Waals surface area (Å²) >= 11 is 0. The molecule has 0 spiro atoms. The number of benzene rings is 6. The van der Waals surface area contributed by atoms with Gasteiger partial charge in [-0.15, -0.1) is 0 Å². The van der Waals surface area contributed by atoms with Crippen LogP contribution < -0.4 is 0 Å². The van der Waals surface area contributed by atoms with Gasteiger partial charge in [-0.05, 0) is 78.2 Å². The minimum Gasteiger partial charge on any atom is -0.0776 e. The first-order chi connectivity index (χ1) is 18.1. The molecule has 6 aromatic rings. The standard InChI is InChI=1S/C35H26.C2H6.CH4/c1-35(2)33-21-25(29-15-7-11-23-9-3-5-13-27(23)29)17-19-31(33)32-20-18-26(22-34(32)35)30-16-8-12-24-10-4-6-14-28(24)30;1-2;/h3-22H,1-2H3;1-2H3;1H4. The predicted molar refractivity (Wildman–Crippen MR) is 168 cm³/mol. The van der Waals surface area contributed by atoms with E-state index in [1.807, 2.05) is 13.8 Å². The van der Waals surface area contributed by atoms with Gasteiger partial charge in [0, 0.05) is 5.41 Å². The van der Waals surface area contributed by atoms with Crippen molar-refractivity contribution < 1.29 is 0 Å². The minimum atomic E-state index is -0.0636. The van der Waals surface area contributed by atoms with Crippen molar-refractivity contribution in [1.29, 1.82) is 0 Å². The molecule has 38 heavy (non-hydrogen) atoms. The van der Waals surface area contributed by atoms with Crippen LogP contribution in [0.1, 0.15) is 46.2 Å². The third-order valence-electron chi connectivity index (χ3n) is 7.88. The SMILES string of the molecule is C.CC.CC1(C)c2cc(-c3cccc4ccccc34)ccc2-c2ccc(-c3cccc4ccccc34)cc21. The lowest BCUT2D eigenvalue weighted by Crippen LogP contribution is -2.15. The summed E-state index contributed by atoms with van der Waals surface area (Å²) in [5.74, 6) is 0. The van der Waals surface area contributed by atoms with E-state index in [9.17, 15) is 0 Å². The highest BCUT2D eigenvalue weighted by molar-refractivity contribution is 5.99. The summed E-state index contributed by atoms with van der Waals surface area (Å²) in [5.41, 5.74) is 10.7. The second kappa shape index (κ2) is 9.95. The zero-order valence-corrected chi connectivity index (χ0v) is 22.0. The fourth-order valence-electron chi connectivity index (χ4n) is 6.03. The molecule has 0 unspecified atom stereocenters. The van der Waals surface area contributed by atoms with E-state index in [-0.39, 0.29) is 12.8 Å². The highest BCUT2D eigenvalue weighted by Gasteiger charge is 2.36. The molecule has 0 heteroatoms. The second-order valence-corrected chi connectivity index (χ2v) is 10.2. The monoisotopic (exact) mass is 492 g/mol. The lowest BCUT2D eigenvalue weighted by atomic mass is 9.80. The van der Waals surface area contributed by atoms with Crippen LogP contribution in [0, 0.1) is 0 Å². The fourth-order valence-corrected chi connectivity index (χ4v) is 6.03. The summed E-state index contributed by atoms with van der Waals surface area (Å²) in [6, 6.07) is 44.7. The maximum Gasteiger partial charge on any atom is 0.0159 e. The van der Waals surface area contributed by atoms with E-state index in [1.165, 1.54) is 66.1 Å². The van der Waals surface area contributed by atoms with Crippen molar-refractivity contribution in [2.24, 2.45) is 0 Å². The Balaban J connectivity index is 0.000000959. The number of hydrogen-bond donors (Lipinski definition) is 0. The van der Waals surface area contributed by atoms with Crippen molar-refractivity contribution in [2.45, 2.75) is 40.5 Å². The van der Waals surface area contributed by atoms with Crippen molar-refractivity contribution in [1.82, 2.24) is 0 Å². The summed E-state index contributed by atoms with van der Waals surface area (Å²) in [6.45, 7) is 8.74. The molecule has 0 bridgehead atoms. The molecular weight excluding hydrogens is 456 g/mol. The molecule has 0 saturated heterocycles. The van der Waals surface area contributed by atoms with Gasteiger partial charge in [-0.25, -0.2) is 0 Å². The minimum absolute atomic E-state index is 0. The van der Waals surface area contributed by atoms with Crippen molar-refractivity contribution in [2.75, 3.05) is 0 Å². The predicted octanol–water partition coefficient (Wildman–Crippen LogP) is 11.3. The van der Waals surface area contributed by atoms with Crippen molar-refractivity contribution in [3.8, 4) is 33.4 Å². The van der Waals surface area contributed by atoms with Crippen LogP contribution in [-0.4, -0.2) is 0 Å². The molecular formula is C38H36. The Morgan fingerprint density at radius 2 is 0.816 bits per heavy atom. The zero-order valence-electron chi connectivity index (χ0n) is 22.0. The maximum absolute atomic E-state index is 2.43. The molecule has 0 N–H and O–H groups in total. The van der Waals surface area contributed by atoms with Crippen molar-refractivity contribution in [3.63, 3.8) is 0 Å². The largest absolute Gasteiger partial charge is 0.0776 e. The Kier molecular flexibility index (Phi) is 6.67. The van der Waals surface area contributed by atoms with Crippen LogP contribution in [0.25, 0.3) is 54.9 Å². The van der Waals surface area contributed by atoms with Gasteiger partial charge in [0.15, 0.2) is 0 Å². The van der Waals surface area contributed by atoms with E-state index in [4.69, 9.17) is 0 Å². The highest BCUT2D eigenvalue weighted by atomic mass is 14.4. The van der Waals surface area contributed by atoms with E-state index >= 15 is 0 Å². The Labute approximate surface area is 227 Å². The molecule has 1 aliphatic rings. The van der Waals surface area contributed by atoms with Gasteiger partial charge in [0.1, 0.15) is 0 Å². The van der Waals surface area contributed by atoms with Crippen molar-refractivity contribution in [3.05, 3.63) is 132 Å². The van der Waals surface area contributed by atoms with Crippen LogP contribution in [0.3, 0.4) is 0 Å². The van der Waals surface area contributed by atoms with E-state index in [2.05, 4.69) is 135 Å². The van der Waals surface area contributed by atoms with Gasteiger partial charge in [-0.2, -0.15) is 0 Å². The fraction of sp³-hybridized carbons (Fsp3) is 0.158. The normalized spacial score (nSPS) is 12.7. The average Bonchev–Trinajstić information content (AvgIpc) is 3.19. The molecule has 0 atom stereocenters. The van der Waals surface area contributed by atoms with Crippen LogP contribution in [0.15, 0.2) is 121 Å². The molecule has 0 aromatic heterocycles. The molecule has 0 heterocycles. The van der Waals surface area contributed by atoms with E-state index in [0.717, 1.165) is 0 Å². The van der Waals surface area contributed by atoms with Gasteiger partial charge < -0.3 is 0 Å². The van der Waals surface area contributed by atoms with Crippen molar-refractivity contribution >= 4 is 21.5 Å². The first-order valence-corrected chi connectivity index (χ1v) is 13.4. The molecule has 0 radical (unpaired) electrons. The van der Waals surface area contributed by atoms with E-state index in [1.54, 1.807) is 0 Å². The molecule has 0 fully saturated rings. The topological polar surface area (TPSA) is 0 Å². The first-order valence-electron chi connectivity index (χ1n) is 13.4. The number of fused-ring (bicyclic) bond motifs is 5. The smallest absolute Gasteiger partial charge is 0.0159 e. The zero-order chi connectivity index (χ0) is 25.6. The number of rotatable bonds is 2. The van der Waals surface area contributed by atoms with Crippen LogP contribution in [0.4, 0.5) is 0 Å². The molecule has 0 saturated carbocycles. The van der Waals surface area contributed by atoms with Gasteiger partial charge in [-0.3, -0.25) is 0 Å². The lowest BCUT2D eigenvalue weighted by molar-refractivity contribution is 0.661. The van der Waals surface area contributed by atoms with Crippen LogP contribution in [-0.2, 0) is 5.41 Å². The Morgan fingerprint density at radius 1 is 0.421 bits per heavy atom. The summed E-state index contributed by atoms with van der Waals surface area (Å²) < 4.78 is 0. The quantitative estimate of drug-likeness (QED) is 0.225. The van der Waals surface area contributed by atoms with E-state index < -0.39 is 0 Å². The summed E-state index contributed by atoms with van der Waals surface area (Å²) in [7, 11) is 0. The van der Waals surface area contributed by atoms with Crippen LogP contribution in [0.5, 0.6) is 0 Å². The third-order valence-corrected chi connectivity index (χ3v) is 7.88. The van der Waals surface area contributed by atoms with Crippen LogP contribution >= 0.6 is 0 Å². The third kappa shape index (κ3) is 3.92. The average molecular weight is 493 g/mol. The van der Waals surface area contributed by atoms with Gasteiger partial charge >= 0.3 is 0 Å². The molecule has 188 valence electrons. The van der Waals surface area contributed by atoms with Gasteiger partial charge in [0.25, 0.3) is 0 Å². The first kappa shape index (κ1) is 25.5. The summed E-state index contributed by atoms with van der Waals surface area (Å²) in [6.07, 6.45) is 0. The molecule has 0 aliphatic heterocycles. The summed E-state index contributed by atoms with van der Waals surface area (Å²) in [5, 5.41) is 5.18. The molecule has 0 amide bonds. The van der Waals surface area contributed by atoms with E-state index in [0.29, 0.717) is 0 Å². The summed E-state index contributed by atoms with van der Waals surface area (Å²) in [4.78, 5) is 0. The maximum atomic E-state index is 2.43. The molecule has 7 rings (SSSR count). The molecule has 6 aromatic carbocycles. The molecule has 0 nitrogen and oxygen atoms in total. The van der Waals surface area contributed by atoms with Gasteiger partial charge in [0.05, 0.1) is 0 Å². The van der Waals surface area contributed by atoms with Crippen LogP contribution in [0.2, 0.25) is 0 Å². The lowest BCUT2D eigenvalue weighted by Gasteiger charge is -2.23. The second-order valence-electron chi connectivity index (χ2n) is 10.2. The highest BCUT2D eigenvalue weighted by Crippen LogP contribution is 2.51. The Morgan fingerprint density at radius 3 is 1.26 bits per heavy atom. The van der Waals surface area contributed by atoms with Gasteiger partial charge in [-0.1, -0.05) is 144 Å². The number of hydrogen-bond acceptors (Lipinski definition) is 0. The van der Waals surface area contributed by atoms with Gasteiger partial charge in [0.2, 0.25) is 0 Å². The Bertz CT molecular complexity index is 1630. The Hall–Kier alpha value is -4.16.